The zero-order valence-corrected chi connectivity index (χ0v) is 19.1. The number of benzene rings is 2. The minimum absolute atomic E-state index is 0.0985. The van der Waals surface area contributed by atoms with Crippen LogP contribution in [0.2, 0.25) is 0 Å². The first-order valence-corrected chi connectivity index (χ1v) is 11.6. The zero-order chi connectivity index (χ0) is 25.9. The average molecular weight is 511 g/mol. The van der Waals surface area contributed by atoms with Crippen molar-refractivity contribution < 1.29 is 37.3 Å². The number of alkyl halides is 3. The molecule has 1 saturated carbocycles. The molecular weight excluding hydrogens is 491 g/mol. The molecule has 2 amide bonds. The van der Waals surface area contributed by atoms with Crippen LogP contribution >= 0.6 is 0 Å². The highest BCUT2D eigenvalue weighted by atomic mass is 19.4. The van der Waals surface area contributed by atoms with Gasteiger partial charge in [-0.15, -0.1) is 0 Å². The van der Waals surface area contributed by atoms with E-state index >= 15 is 0 Å². The number of fused-ring (bicyclic) bond motifs is 4. The van der Waals surface area contributed by atoms with E-state index in [4.69, 9.17) is 9.47 Å². The molecule has 1 fully saturated rings. The molecule has 3 atom stereocenters. The minimum Gasteiger partial charge on any atom is -0.487 e. The fourth-order valence-corrected chi connectivity index (χ4v) is 4.91. The van der Waals surface area contributed by atoms with Crippen molar-refractivity contribution in [1.82, 2.24) is 10.3 Å². The van der Waals surface area contributed by atoms with Gasteiger partial charge in [0.1, 0.15) is 29.2 Å². The summed E-state index contributed by atoms with van der Waals surface area (Å²) in [5.41, 5.74) is 0.144. The number of pyridine rings is 1. The normalized spacial score (nSPS) is 21.2. The van der Waals surface area contributed by atoms with Gasteiger partial charge in [0.25, 0.3) is 5.91 Å². The van der Waals surface area contributed by atoms with E-state index in [0.717, 1.165) is 23.3 Å². The van der Waals surface area contributed by atoms with Crippen LogP contribution in [0, 0.1) is 0 Å². The molecule has 6 rings (SSSR count). The van der Waals surface area contributed by atoms with Crippen LogP contribution in [0.4, 0.5) is 19.0 Å². The fourth-order valence-electron chi connectivity index (χ4n) is 4.91. The summed E-state index contributed by atoms with van der Waals surface area (Å²) in [5.74, 6) is 1.34. The highest BCUT2D eigenvalue weighted by Crippen LogP contribution is 2.54. The number of rotatable bonds is 5. The fraction of sp³-hybridized carbons (Fsp3) is 0.269. The molecule has 3 N–H and O–H groups in total. The number of nitrogens with zero attached hydrogens (tertiary/aromatic N) is 1. The maximum atomic E-state index is 13.3. The Morgan fingerprint density at radius 3 is 2.81 bits per heavy atom. The van der Waals surface area contributed by atoms with Crippen LogP contribution in [0.25, 0.3) is 0 Å². The summed E-state index contributed by atoms with van der Waals surface area (Å²) < 4.78 is 52.0. The zero-order valence-electron chi connectivity index (χ0n) is 19.1. The van der Waals surface area contributed by atoms with Gasteiger partial charge in [-0.3, -0.25) is 9.59 Å². The summed E-state index contributed by atoms with van der Waals surface area (Å²) in [6.07, 6.45) is -2.62. The summed E-state index contributed by atoms with van der Waals surface area (Å²) in [7, 11) is 0. The average Bonchev–Trinajstić information content (AvgIpc) is 3.39. The van der Waals surface area contributed by atoms with E-state index in [-0.39, 0.29) is 29.1 Å². The van der Waals surface area contributed by atoms with Crippen molar-refractivity contribution in [3.05, 3.63) is 76.5 Å². The van der Waals surface area contributed by atoms with Gasteiger partial charge in [0.05, 0.1) is 24.1 Å². The Kier molecular flexibility index (Phi) is 5.34. The second-order valence-electron chi connectivity index (χ2n) is 9.12. The van der Waals surface area contributed by atoms with Gasteiger partial charge in [-0.25, -0.2) is 4.98 Å². The highest BCUT2D eigenvalue weighted by molar-refractivity contribution is 5.95. The number of aliphatic hydroxyl groups excluding tert-OH is 1. The van der Waals surface area contributed by atoms with E-state index in [2.05, 4.69) is 15.6 Å². The van der Waals surface area contributed by atoms with Gasteiger partial charge >= 0.3 is 6.18 Å². The van der Waals surface area contributed by atoms with Gasteiger partial charge in [0.15, 0.2) is 0 Å². The van der Waals surface area contributed by atoms with Crippen molar-refractivity contribution in [2.45, 2.75) is 43.7 Å². The van der Waals surface area contributed by atoms with Gasteiger partial charge in [-0.2, -0.15) is 13.2 Å². The molecule has 3 heterocycles. The molecule has 0 bridgehead atoms. The summed E-state index contributed by atoms with van der Waals surface area (Å²) in [5, 5.41) is 14.7. The molecule has 3 aliphatic rings. The Morgan fingerprint density at radius 1 is 1.19 bits per heavy atom. The lowest BCUT2D eigenvalue weighted by atomic mass is 10.0. The lowest BCUT2D eigenvalue weighted by Crippen LogP contribution is -2.30. The van der Waals surface area contributed by atoms with E-state index in [1.165, 1.54) is 6.07 Å². The van der Waals surface area contributed by atoms with Gasteiger partial charge < -0.3 is 25.2 Å². The number of halogens is 3. The summed E-state index contributed by atoms with van der Waals surface area (Å²) >= 11 is 0. The molecule has 0 radical (unpaired) electrons. The third kappa shape index (κ3) is 4.14. The largest absolute Gasteiger partial charge is 0.487 e. The van der Waals surface area contributed by atoms with Gasteiger partial charge in [0.2, 0.25) is 5.91 Å². The van der Waals surface area contributed by atoms with E-state index in [1.807, 2.05) is 6.07 Å². The van der Waals surface area contributed by atoms with Gasteiger partial charge in [-0.05, 0) is 48.4 Å². The summed E-state index contributed by atoms with van der Waals surface area (Å²) in [6.45, 7) is -0.782. The number of aromatic nitrogens is 1. The molecule has 11 heteroatoms. The summed E-state index contributed by atoms with van der Waals surface area (Å²) in [4.78, 5) is 28.6. The lowest BCUT2D eigenvalue weighted by molar-refractivity contribution is -0.138. The van der Waals surface area contributed by atoms with Crippen LogP contribution in [-0.4, -0.2) is 34.1 Å². The predicted molar refractivity (Wildman–Crippen MR) is 123 cm³/mol. The van der Waals surface area contributed by atoms with E-state index < -0.39 is 30.3 Å². The summed E-state index contributed by atoms with van der Waals surface area (Å²) in [6, 6.07) is 9.78. The van der Waals surface area contributed by atoms with Crippen molar-refractivity contribution >= 4 is 17.6 Å². The molecule has 1 aliphatic carbocycles. The third-order valence-corrected chi connectivity index (χ3v) is 6.80. The number of carbonyl (C=O) groups is 2. The Labute approximate surface area is 208 Å². The maximum absolute atomic E-state index is 13.3. The Hall–Kier alpha value is -4.12. The van der Waals surface area contributed by atoms with E-state index in [0.29, 0.717) is 35.9 Å². The number of amides is 2. The molecular formula is C26H20F3N3O5. The first kappa shape index (κ1) is 23.3. The number of aliphatic hydroxyl groups is 1. The number of hydrogen-bond donors (Lipinski definition) is 3. The molecule has 0 spiro atoms. The number of ether oxygens (including phenoxy) is 2. The predicted octanol–water partition coefficient (Wildman–Crippen LogP) is 3.93. The van der Waals surface area contributed by atoms with Crippen LogP contribution in [0.1, 0.15) is 45.0 Å². The lowest BCUT2D eigenvalue weighted by Gasteiger charge is -2.19. The van der Waals surface area contributed by atoms with Crippen molar-refractivity contribution in [3.8, 4) is 17.2 Å². The second-order valence-corrected chi connectivity index (χ2v) is 9.12. The Morgan fingerprint density at radius 2 is 2.03 bits per heavy atom. The van der Waals surface area contributed by atoms with Crippen LogP contribution in [0.3, 0.4) is 0 Å². The Balaban J connectivity index is 1.18. The second kappa shape index (κ2) is 8.48. The van der Waals surface area contributed by atoms with E-state index in [9.17, 15) is 27.9 Å². The smallest absolute Gasteiger partial charge is 0.416 e. The number of carbonyl (C=O) groups excluding carboxylic acids is 2. The van der Waals surface area contributed by atoms with Crippen LogP contribution < -0.4 is 20.1 Å². The SMILES string of the molecule is O=C1CCc2c(Oc3ccc4c(c3)C3C(NC(=O)c5ccc(CO)c(C(F)(F)F)c5)[C@H]3O4)ccnc2N1. The van der Waals surface area contributed by atoms with Gasteiger partial charge in [0, 0.05) is 29.3 Å². The number of anilines is 1. The molecule has 2 aliphatic heterocycles. The molecule has 37 heavy (non-hydrogen) atoms. The van der Waals surface area contributed by atoms with Crippen molar-refractivity contribution in [2.75, 3.05) is 5.32 Å². The number of nitrogens with one attached hydrogen (secondary N) is 2. The standard InChI is InChI=1S/C26H20F3N3O5/c27-26(28,29)17-9-12(1-2-13(17)11-33)25(35)32-22-21-16-10-14(3-5-18(16)37-23(21)22)36-19-7-8-30-24-15(19)4-6-20(34)31-24/h1-3,5,7-10,21-23,33H,4,6,11H2,(H,32,35)(H,30,31,34)/t21?,22?,23-/m0/s1. The first-order chi connectivity index (χ1) is 17.7. The molecule has 8 nitrogen and oxygen atoms in total. The highest BCUT2D eigenvalue weighted by Gasteiger charge is 2.59. The molecule has 1 aromatic heterocycles. The topological polar surface area (TPSA) is 110 Å². The molecule has 0 saturated heterocycles. The van der Waals surface area contributed by atoms with Gasteiger partial charge in [-0.1, -0.05) is 6.07 Å². The molecule has 190 valence electrons. The van der Waals surface area contributed by atoms with Crippen LogP contribution in [0.15, 0.2) is 48.7 Å². The van der Waals surface area contributed by atoms with Crippen molar-refractivity contribution in [3.63, 3.8) is 0 Å². The third-order valence-electron chi connectivity index (χ3n) is 6.80. The Bertz CT molecular complexity index is 1440. The monoisotopic (exact) mass is 511 g/mol. The molecule has 2 aromatic carbocycles. The van der Waals surface area contributed by atoms with Crippen LogP contribution in [-0.2, 0) is 24.0 Å². The first-order valence-electron chi connectivity index (χ1n) is 11.6. The maximum Gasteiger partial charge on any atom is 0.416 e. The van der Waals surface area contributed by atoms with Crippen molar-refractivity contribution in [2.24, 2.45) is 0 Å². The molecule has 2 unspecified atom stereocenters. The van der Waals surface area contributed by atoms with E-state index in [1.54, 1.807) is 24.4 Å². The quantitative estimate of drug-likeness (QED) is 0.479. The minimum atomic E-state index is -4.69. The van der Waals surface area contributed by atoms with Crippen LogP contribution in [0.5, 0.6) is 17.2 Å². The molecule has 3 aromatic rings. The number of hydrogen-bond acceptors (Lipinski definition) is 6. The van der Waals surface area contributed by atoms with Crippen molar-refractivity contribution in [1.29, 1.82) is 0 Å².